The summed E-state index contributed by atoms with van der Waals surface area (Å²) in [6.07, 6.45) is 1.22. The topological polar surface area (TPSA) is 55.8 Å². The van der Waals surface area contributed by atoms with Crippen LogP contribution in [0.5, 0.6) is 0 Å². The molecule has 0 aliphatic carbocycles. The van der Waals surface area contributed by atoms with E-state index in [9.17, 15) is 9.90 Å². The number of aliphatic hydroxyl groups is 1. The second-order valence-corrected chi connectivity index (χ2v) is 3.41. The molecule has 0 aliphatic heterocycles. The van der Waals surface area contributed by atoms with Crippen LogP contribution in [-0.4, -0.2) is 40.4 Å². The largest absolute Gasteiger partial charge is 0.484 e. The molecule has 0 aliphatic rings. The molecular formula is C11H24O4Si. The highest BCUT2D eigenvalue weighted by Crippen LogP contribution is 2.25. The number of carbonyl (C=O) groups is 1. The lowest BCUT2D eigenvalue weighted by Crippen LogP contribution is -2.43. The number of rotatable bonds is 7. The van der Waals surface area contributed by atoms with Crippen molar-refractivity contribution >= 4 is 16.9 Å². The molecule has 0 saturated heterocycles. The number of ether oxygens (including phenoxy) is 2. The van der Waals surface area contributed by atoms with E-state index in [4.69, 9.17) is 9.47 Å². The van der Waals surface area contributed by atoms with E-state index in [1.807, 2.05) is 6.92 Å². The molecule has 0 radical (unpaired) electrons. The molecular weight excluding hydrogens is 224 g/mol. The number of carbonyl (C=O) groups excluding carboxylic acids is 1. The summed E-state index contributed by atoms with van der Waals surface area (Å²) in [5.74, 6) is -0.451. The maximum Gasteiger partial charge on any atom is 0.350 e. The Morgan fingerprint density at radius 2 is 2.12 bits per heavy atom. The molecule has 5 heteroatoms. The van der Waals surface area contributed by atoms with E-state index in [0.29, 0.717) is 13.0 Å². The van der Waals surface area contributed by atoms with Crippen LogP contribution in [0.25, 0.3) is 0 Å². The number of hydrogen-bond donors (Lipinski definition) is 1. The Morgan fingerprint density at radius 1 is 1.56 bits per heavy atom. The van der Waals surface area contributed by atoms with Gasteiger partial charge in [-0.05, 0) is 31.2 Å². The van der Waals surface area contributed by atoms with Crippen molar-refractivity contribution in [2.75, 3.05) is 6.61 Å². The maximum absolute atomic E-state index is 11.7. The van der Waals surface area contributed by atoms with Gasteiger partial charge >= 0.3 is 5.97 Å². The van der Waals surface area contributed by atoms with Crippen LogP contribution in [0.3, 0.4) is 0 Å². The van der Waals surface area contributed by atoms with Crippen molar-refractivity contribution in [3.05, 3.63) is 12.8 Å². The molecule has 1 N–H and O–H groups in total. The van der Waals surface area contributed by atoms with Gasteiger partial charge in [-0.2, -0.15) is 0 Å². The average molecular weight is 248 g/mol. The molecule has 0 heterocycles. The smallest absolute Gasteiger partial charge is 0.350 e. The van der Waals surface area contributed by atoms with Gasteiger partial charge in [0.05, 0.1) is 19.0 Å². The lowest BCUT2D eigenvalue weighted by atomic mass is 9.93. The normalized spacial score (nSPS) is 15.2. The third-order valence-electron chi connectivity index (χ3n) is 2.15. The van der Waals surface area contributed by atoms with Gasteiger partial charge in [0, 0.05) is 6.42 Å². The van der Waals surface area contributed by atoms with Gasteiger partial charge in [-0.15, -0.1) is 0 Å². The number of aliphatic hydroxyl groups excluding tert-OH is 1. The van der Waals surface area contributed by atoms with Crippen LogP contribution < -0.4 is 0 Å². The minimum Gasteiger partial charge on any atom is -0.484 e. The Balaban J connectivity index is 0. The minimum atomic E-state index is -1.11. The summed E-state index contributed by atoms with van der Waals surface area (Å²) in [4.78, 5) is 11.7. The molecule has 0 aromatic heterocycles. The second kappa shape index (κ2) is 8.35. The molecule has 2 atom stereocenters. The standard InChI is InChI=1S/C11H20O4.H4Si/c1-5-11(15-7-3,8-9(4)12)10(13)14-6-2;/h7,9,12H,3,5-6,8H2,1-2,4H3;1H4. The maximum atomic E-state index is 11.7. The molecule has 0 saturated carbocycles. The zero-order chi connectivity index (χ0) is 11.9. The van der Waals surface area contributed by atoms with Crippen molar-refractivity contribution in [2.24, 2.45) is 0 Å². The Bertz CT molecular complexity index is 218. The van der Waals surface area contributed by atoms with Crippen molar-refractivity contribution in [1.82, 2.24) is 0 Å². The second-order valence-electron chi connectivity index (χ2n) is 3.41. The number of hydrogen-bond acceptors (Lipinski definition) is 4. The lowest BCUT2D eigenvalue weighted by molar-refractivity contribution is -0.169. The van der Waals surface area contributed by atoms with E-state index < -0.39 is 17.7 Å². The van der Waals surface area contributed by atoms with E-state index in [0.717, 1.165) is 0 Å². The summed E-state index contributed by atoms with van der Waals surface area (Å²) < 4.78 is 10.2. The van der Waals surface area contributed by atoms with Crippen LogP contribution >= 0.6 is 0 Å². The molecule has 2 unspecified atom stereocenters. The molecule has 4 nitrogen and oxygen atoms in total. The summed E-state index contributed by atoms with van der Waals surface area (Å²) in [5.41, 5.74) is -1.11. The highest BCUT2D eigenvalue weighted by atomic mass is 28.1. The highest BCUT2D eigenvalue weighted by molar-refractivity contribution is 5.79. The quantitative estimate of drug-likeness (QED) is 0.397. The van der Waals surface area contributed by atoms with Crippen LogP contribution in [0.2, 0.25) is 0 Å². The summed E-state index contributed by atoms with van der Waals surface area (Å²) in [5, 5.41) is 9.34. The van der Waals surface area contributed by atoms with Crippen LogP contribution in [0, 0.1) is 0 Å². The molecule has 0 rings (SSSR count). The monoisotopic (exact) mass is 248 g/mol. The molecule has 96 valence electrons. The van der Waals surface area contributed by atoms with Gasteiger partial charge in [0.25, 0.3) is 0 Å². The summed E-state index contributed by atoms with van der Waals surface area (Å²) in [6, 6.07) is 0. The highest BCUT2D eigenvalue weighted by Gasteiger charge is 2.40. The minimum absolute atomic E-state index is 0. The van der Waals surface area contributed by atoms with E-state index in [1.165, 1.54) is 6.26 Å². The average Bonchev–Trinajstić information content (AvgIpc) is 2.16. The SMILES string of the molecule is C=COC(CC)(CC(C)O)C(=O)OCC.[SiH4]. The Morgan fingerprint density at radius 3 is 2.44 bits per heavy atom. The Kier molecular flexibility index (Phi) is 9.18. The van der Waals surface area contributed by atoms with Crippen molar-refractivity contribution in [3.8, 4) is 0 Å². The number of esters is 1. The lowest BCUT2D eigenvalue weighted by Gasteiger charge is -2.30. The van der Waals surface area contributed by atoms with Crippen molar-refractivity contribution in [3.63, 3.8) is 0 Å². The Hall–Kier alpha value is -0.813. The fraction of sp³-hybridized carbons (Fsp3) is 0.727. The molecule has 0 amide bonds. The summed E-state index contributed by atoms with van der Waals surface area (Å²) in [6.45, 7) is 8.87. The molecule has 0 spiro atoms. The fourth-order valence-electron chi connectivity index (χ4n) is 1.45. The molecule has 0 aromatic rings. The van der Waals surface area contributed by atoms with Crippen LogP contribution in [-0.2, 0) is 14.3 Å². The third kappa shape index (κ3) is 4.81. The van der Waals surface area contributed by atoms with Crippen LogP contribution in [0.4, 0.5) is 0 Å². The molecule has 0 bridgehead atoms. The first-order chi connectivity index (χ1) is 7.02. The summed E-state index contributed by atoms with van der Waals surface area (Å²) in [7, 11) is 0. The molecule has 0 fully saturated rings. The van der Waals surface area contributed by atoms with Gasteiger partial charge in [-0.1, -0.05) is 13.5 Å². The van der Waals surface area contributed by atoms with E-state index >= 15 is 0 Å². The van der Waals surface area contributed by atoms with Crippen LogP contribution in [0.1, 0.15) is 33.6 Å². The third-order valence-corrected chi connectivity index (χ3v) is 2.15. The van der Waals surface area contributed by atoms with Gasteiger partial charge < -0.3 is 14.6 Å². The van der Waals surface area contributed by atoms with Gasteiger partial charge in [0.2, 0.25) is 5.60 Å². The molecule has 0 aromatic carbocycles. The van der Waals surface area contributed by atoms with Crippen molar-refractivity contribution in [2.45, 2.75) is 45.3 Å². The first-order valence-corrected chi connectivity index (χ1v) is 5.16. The van der Waals surface area contributed by atoms with E-state index in [1.54, 1.807) is 13.8 Å². The fourth-order valence-corrected chi connectivity index (χ4v) is 1.45. The van der Waals surface area contributed by atoms with Gasteiger partial charge in [0.15, 0.2) is 0 Å². The van der Waals surface area contributed by atoms with Crippen molar-refractivity contribution < 1.29 is 19.4 Å². The van der Waals surface area contributed by atoms with Gasteiger partial charge in [-0.3, -0.25) is 0 Å². The Labute approximate surface area is 102 Å². The first-order valence-electron chi connectivity index (χ1n) is 5.16. The predicted molar refractivity (Wildman–Crippen MR) is 68.6 cm³/mol. The van der Waals surface area contributed by atoms with Crippen LogP contribution in [0.15, 0.2) is 12.8 Å². The van der Waals surface area contributed by atoms with Gasteiger partial charge in [0.1, 0.15) is 0 Å². The van der Waals surface area contributed by atoms with E-state index in [2.05, 4.69) is 6.58 Å². The van der Waals surface area contributed by atoms with Crippen molar-refractivity contribution in [1.29, 1.82) is 0 Å². The van der Waals surface area contributed by atoms with Gasteiger partial charge in [-0.25, -0.2) is 4.79 Å². The zero-order valence-electron chi connectivity index (χ0n) is 9.66. The zero-order valence-corrected chi connectivity index (χ0v) is 9.66. The van der Waals surface area contributed by atoms with E-state index in [-0.39, 0.29) is 17.4 Å². The molecule has 16 heavy (non-hydrogen) atoms. The predicted octanol–water partition coefficient (Wildman–Crippen LogP) is 0.178. The first kappa shape index (κ1) is 17.6. The summed E-state index contributed by atoms with van der Waals surface area (Å²) >= 11 is 0.